The molecule has 0 aliphatic heterocycles. The van der Waals surface area contributed by atoms with Crippen LogP contribution in [-0.2, 0) is 9.59 Å². The fourth-order valence-electron chi connectivity index (χ4n) is 1.91. The maximum absolute atomic E-state index is 12.2. The van der Waals surface area contributed by atoms with E-state index in [9.17, 15) is 9.59 Å². The van der Waals surface area contributed by atoms with Gasteiger partial charge in [0.15, 0.2) is 0 Å². The first-order valence-electron chi connectivity index (χ1n) is 7.49. The molecule has 2 amide bonds. The molecule has 0 spiro atoms. The number of anilines is 2. The SMILES string of the molecule is Cc1ccc(NC(=O)C(C)SCC(=O)Nc2ccccc2)cc1Cl. The maximum Gasteiger partial charge on any atom is 0.237 e. The first-order chi connectivity index (χ1) is 11.5. The number of rotatable bonds is 6. The second-order valence-electron chi connectivity index (χ2n) is 5.32. The molecule has 4 nitrogen and oxygen atoms in total. The maximum atomic E-state index is 12.2. The van der Waals surface area contributed by atoms with Gasteiger partial charge in [-0.05, 0) is 43.7 Å². The molecular formula is C18H19ClN2O2S. The lowest BCUT2D eigenvalue weighted by Gasteiger charge is -2.12. The van der Waals surface area contributed by atoms with Crippen LogP contribution in [-0.4, -0.2) is 22.8 Å². The molecule has 0 fully saturated rings. The summed E-state index contributed by atoms with van der Waals surface area (Å²) in [5, 5.41) is 5.85. The second-order valence-corrected chi connectivity index (χ2v) is 7.06. The monoisotopic (exact) mass is 362 g/mol. The Labute approximate surface area is 151 Å². The van der Waals surface area contributed by atoms with Crippen molar-refractivity contribution >= 4 is 46.6 Å². The normalized spacial score (nSPS) is 11.6. The standard InChI is InChI=1S/C18H19ClN2O2S/c1-12-8-9-15(10-16(12)19)21-18(23)13(2)24-11-17(22)20-14-6-4-3-5-7-14/h3-10,13H,11H2,1-2H3,(H,20,22)(H,21,23). The van der Waals surface area contributed by atoms with Gasteiger partial charge in [-0.3, -0.25) is 9.59 Å². The van der Waals surface area contributed by atoms with Gasteiger partial charge in [-0.15, -0.1) is 11.8 Å². The van der Waals surface area contributed by atoms with E-state index < -0.39 is 0 Å². The molecule has 6 heteroatoms. The second kappa shape index (κ2) is 8.76. The average molecular weight is 363 g/mol. The molecule has 1 unspecified atom stereocenters. The van der Waals surface area contributed by atoms with E-state index in [-0.39, 0.29) is 22.8 Å². The van der Waals surface area contributed by atoms with Crippen molar-refractivity contribution in [2.24, 2.45) is 0 Å². The molecule has 0 bridgehead atoms. The molecular weight excluding hydrogens is 344 g/mol. The smallest absolute Gasteiger partial charge is 0.237 e. The van der Waals surface area contributed by atoms with E-state index >= 15 is 0 Å². The lowest BCUT2D eigenvalue weighted by atomic mass is 10.2. The van der Waals surface area contributed by atoms with E-state index in [2.05, 4.69) is 10.6 Å². The quantitative estimate of drug-likeness (QED) is 0.803. The zero-order valence-corrected chi connectivity index (χ0v) is 15.1. The van der Waals surface area contributed by atoms with E-state index in [4.69, 9.17) is 11.6 Å². The minimum absolute atomic E-state index is 0.135. The summed E-state index contributed by atoms with van der Waals surface area (Å²) in [5.41, 5.74) is 2.35. The number of hydrogen-bond donors (Lipinski definition) is 2. The summed E-state index contributed by atoms with van der Waals surface area (Å²) in [7, 11) is 0. The Morgan fingerprint density at radius 2 is 1.79 bits per heavy atom. The summed E-state index contributed by atoms with van der Waals surface area (Å²) < 4.78 is 0. The van der Waals surface area contributed by atoms with Gasteiger partial charge in [0.25, 0.3) is 0 Å². The first kappa shape index (κ1) is 18.4. The molecule has 1 atom stereocenters. The van der Waals surface area contributed by atoms with Gasteiger partial charge in [-0.25, -0.2) is 0 Å². The van der Waals surface area contributed by atoms with Crippen molar-refractivity contribution in [3.8, 4) is 0 Å². The van der Waals surface area contributed by atoms with Gasteiger partial charge in [0.05, 0.1) is 11.0 Å². The van der Waals surface area contributed by atoms with E-state index in [1.165, 1.54) is 11.8 Å². The molecule has 24 heavy (non-hydrogen) atoms. The van der Waals surface area contributed by atoms with Crippen LogP contribution < -0.4 is 10.6 Å². The van der Waals surface area contributed by atoms with Crippen LogP contribution in [0.3, 0.4) is 0 Å². The van der Waals surface area contributed by atoms with Gasteiger partial charge in [0, 0.05) is 16.4 Å². The molecule has 0 heterocycles. The van der Waals surface area contributed by atoms with Crippen LogP contribution in [0, 0.1) is 6.92 Å². The van der Waals surface area contributed by atoms with Crippen molar-refractivity contribution in [2.45, 2.75) is 19.1 Å². The van der Waals surface area contributed by atoms with Crippen molar-refractivity contribution in [2.75, 3.05) is 16.4 Å². The van der Waals surface area contributed by atoms with Crippen LogP contribution in [0.4, 0.5) is 11.4 Å². The zero-order valence-electron chi connectivity index (χ0n) is 13.5. The molecule has 2 aromatic rings. The summed E-state index contributed by atoms with van der Waals surface area (Å²) in [6, 6.07) is 14.6. The fourth-order valence-corrected chi connectivity index (χ4v) is 2.77. The number of para-hydroxylation sites is 1. The van der Waals surface area contributed by atoms with Crippen molar-refractivity contribution in [3.05, 3.63) is 59.1 Å². The van der Waals surface area contributed by atoms with Gasteiger partial charge >= 0.3 is 0 Å². The highest BCUT2D eigenvalue weighted by Gasteiger charge is 2.15. The van der Waals surface area contributed by atoms with Crippen molar-refractivity contribution < 1.29 is 9.59 Å². The largest absolute Gasteiger partial charge is 0.325 e. The van der Waals surface area contributed by atoms with Crippen LogP contribution >= 0.6 is 23.4 Å². The highest BCUT2D eigenvalue weighted by Crippen LogP contribution is 2.21. The average Bonchev–Trinajstić information content (AvgIpc) is 2.57. The summed E-state index contributed by atoms with van der Waals surface area (Å²) in [5.74, 6) is -0.0883. The Morgan fingerprint density at radius 3 is 2.46 bits per heavy atom. The number of aryl methyl sites for hydroxylation is 1. The fraction of sp³-hybridized carbons (Fsp3) is 0.222. The Hall–Kier alpha value is -1.98. The topological polar surface area (TPSA) is 58.2 Å². The minimum Gasteiger partial charge on any atom is -0.325 e. The number of carbonyl (C=O) groups is 2. The van der Waals surface area contributed by atoms with E-state index in [0.717, 1.165) is 11.3 Å². The molecule has 126 valence electrons. The zero-order chi connectivity index (χ0) is 17.5. The lowest BCUT2D eigenvalue weighted by molar-refractivity contribution is -0.115. The van der Waals surface area contributed by atoms with Crippen molar-refractivity contribution in [1.29, 1.82) is 0 Å². The van der Waals surface area contributed by atoms with Crippen LogP contribution in [0.25, 0.3) is 0 Å². The van der Waals surface area contributed by atoms with Gasteiger partial charge < -0.3 is 10.6 Å². The van der Waals surface area contributed by atoms with Gasteiger partial charge in [-0.2, -0.15) is 0 Å². The van der Waals surface area contributed by atoms with Crippen LogP contribution in [0.1, 0.15) is 12.5 Å². The Morgan fingerprint density at radius 1 is 1.08 bits per heavy atom. The number of benzene rings is 2. The Balaban J connectivity index is 1.80. The van der Waals surface area contributed by atoms with Crippen molar-refractivity contribution in [3.63, 3.8) is 0 Å². The number of halogens is 1. The molecule has 2 aromatic carbocycles. The molecule has 0 aliphatic rings. The number of nitrogens with one attached hydrogen (secondary N) is 2. The third-order valence-electron chi connectivity index (χ3n) is 3.33. The lowest BCUT2D eigenvalue weighted by Crippen LogP contribution is -2.25. The molecule has 0 saturated heterocycles. The number of carbonyl (C=O) groups excluding carboxylic acids is 2. The van der Waals surface area contributed by atoms with Crippen LogP contribution in [0.5, 0.6) is 0 Å². The van der Waals surface area contributed by atoms with E-state index in [1.54, 1.807) is 19.1 Å². The molecule has 2 N–H and O–H groups in total. The third kappa shape index (κ3) is 5.58. The first-order valence-corrected chi connectivity index (χ1v) is 8.92. The Kier molecular flexibility index (Phi) is 6.70. The summed E-state index contributed by atoms with van der Waals surface area (Å²) >= 11 is 7.33. The number of amides is 2. The molecule has 0 saturated carbocycles. The third-order valence-corrected chi connectivity index (χ3v) is 4.88. The molecule has 0 radical (unpaired) electrons. The molecule has 2 rings (SSSR count). The highest BCUT2D eigenvalue weighted by molar-refractivity contribution is 8.01. The van der Waals surface area contributed by atoms with Crippen LogP contribution in [0.2, 0.25) is 5.02 Å². The molecule has 0 aliphatic carbocycles. The van der Waals surface area contributed by atoms with Crippen molar-refractivity contribution in [1.82, 2.24) is 0 Å². The summed E-state index contributed by atoms with van der Waals surface area (Å²) in [4.78, 5) is 24.1. The molecule has 0 aromatic heterocycles. The van der Waals surface area contributed by atoms with Crippen LogP contribution in [0.15, 0.2) is 48.5 Å². The van der Waals surface area contributed by atoms with Gasteiger partial charge in [-0.1, -0.05) is 35.9 Å². The summed E-state index contributed by atoms with van der Waals surface area (Å²) in [6.07, 6.45) is 0. The van der Waals surface area contributed by atoms with E-state index in [1.807, 2.05) is 43.3 Å². The Bertz CT molecular complexity index is 722. The number of thioether (sulfide) groups is 1. The van der Waals surface area contributed by atoms with E-state index in [0.29, 0.717) is 10.7 Å². The van der Waals surface area contributed by atoms with Gasteiger partial charge in [0.2, 0.25) is 11.8 Å². The van der Waals surface area contributed by atoms with Gasteiger partial charge in [0.1, 0.15) is 0 Å². The predicted molar refractivity (Wildman–Crippen MR) is 102 cm³/mol. The minimum atomic E-state index is -0.355. The summed E-state index contributed by atoms with van der Waals surface area (Å²) in [6.45, 7) is 3.67. The predicted octanol–water partition coefficient (Wildman–Crippen LogP) is 4.35. The highest BCUT2D eigenvalue weighted by atomic mass is 35.5. The number of hydrogen-bond acceptors (Lipinski definition) is 3.